The molecule has 0 saturated heterocycles. The predicted octanol–water partition coefficient (Wildman–Crippen LogP) is 3.72. The topological polar surface area (TPSA) is 115 Å². The molecule has 3 rings (SSSR count). The fourth-order valence-electron chi connectivity index (χ4n) is 2.17. The van der Waals surface area contributed by atoms with Crippen molar-refractivity contribution in [2.24, 2.45) is 0 Å². The molecule has 0 atom stereocenters. The molecule has 26 heavy (non-hydrogen) atoms. The van der Waals surface area contributed by atoms with Crippen LogP contribution in [0.25, 0.3) is 0 Å². The minimum Gasteiger partial charge on any atom is -0.508 e. The molecule has 132 valence electrons. The Morgan fingerprint density at radius 1 is 1.15 bits per heavy atom. The van der Waals surface area contributed by atoms with Crippen molar-refractivity contribution in [1.29, 1.82) is 0 Å². The Morgan fingerprint density at radius 3 is 2.62 bits per heavy atom. The second-order valence-electron chi connectivity index (χ2n) is 5.31. The number of carbonyl (C=O) groups is 1. The van der Waals surface area contributed by atoms with E-state index in [-0.39, 0.29) is 23.8 Å². The standard InChI is InChI=1S/C18H14N2O6/c21-14-3-1-2-12(10-14)19-18(22)17-9-8-16(26-17)11-25-15-6-4-13(5-7-15)20(23)24/h1-10,21H,11H2,(H,19,22). The highest BCUT2D eigenvalue weighted by Gasteiger charge is 2.12. The number of aromatic hydroxyl groups is 1. The minimum absolute atomic E-state index is 0.0266. The van der Waals surface area contributed by atoms with Crippen molar-refractivity contribution in [2.75, 3.05) is 5.32 Å². The Bertz CT molecular complexity index is 933. The van der Waals surface area contributed by atoms with Crippen LogP contribution in [0.1, 0.15) is 16.3 Å². The first-order valence-corrected chi connectivity index (χ1v) is 7.57. The van der Waals surface area contributed by atoms with Crippen LogP contribution in [0, 0.1) is 10.1 Å². The van der Waals surface area contributed by atoms with Gasteiger partial charge in [0.25, 0.3) is 11.6 Å². The Kier molecular flexibility index (Phi) is 4.84. The summed E-state index contributed by atoms with van der Waals surface area (Å²) in [5.74, 6) is 0.537. The van der Waals surface area contributed by atoms with Gasteiger partial charge in [-0.05, 0) is 36.4 Å². The molecule has 0 saturated carbocycles. The van der Waals surface area contributed by atoms with Crippen molar-refractivity contribution in [3.8, 4) is 11.5 Å². The van der Waals surface area contributed by atoms with Crippen LogP contribution in [0.2, 0.25) is 0 Å². The predicted molar refractivity (Wildman–Crippen MR) is 92.2 cm³/mol. The third-order valence-corrected chi connectivity index (χ3v) is 3.42. The lowest BCUT2D eigenvalue weighted by Crippen LogP contribution is -2.10. The van der Waals surface area contributed by atoms with Gasteiger partial charge < -0.3 is 19.6 Å². The lowest BCUT2D eigenvalue weighted by molar-refractivity contribution is -0.384. The first-order chi connectivity index (χ1) is 12.5. The van der Waals surface area contributed by atoms with Gasteiger partial charge in [0, 0.05) is 23.9 Å². The van der Waals surface area contributed by atoms with Gasteiger partial charge in [0.1, 0.15) is 23.9 Å². The molecule has 8 heteroatoms. The van der Waals surface area contributed by atoms with Crippen molar-refractivity contribution in [2.45, 2.75) is 6.61 Å². The monoisotopic (exact) mass is 354 g/mol. The van der Waals surface area contributed by atoms with Crippen molar-refractivity contribution in [3.05, 3.63) is 82.3 Å². The van der Waals surface area contributed by atoms with E-state index >= 15 is 0 Å². The van der Waals surface area contributed by atoms with Gasteiger partial charge in [-0.2, -0.15) is 0 Å². The average molecular weight is 354 g/mol. The van der Waals surface area contributed by atoms with E-state index in [1.165, 1.54) is 42.5 Å². The van der Waals surface area contributed by atoms with Crippen LogP contribution >= 0.6 is 0 Å². The summed E-state index contributed by atoms with van der Waals surface area (Å²) in [5.41, 5.74) is 0.413. The zero-order valence-electron chi connectivity index (χ0n) is 13.4. The second kappa shape index (κ2) is 7.39. The number of hydrogen-bond acceptors (Lipinski definition) is 6. The number of phenolic OH excluding ortho intramolecular Hbond substituents is 1. The van der Waals surface area contributed by atoms with E-state index in [4.69, 9.17) is 9.15 Å². The molecule has 2 aromatic carbocycles. The molecule has 0 fully saturated rings. The number of carbonyl (C=O) groups excluding carboxylic acids is 1. The summed E-state index contributed by atoms with van der Waals surface area (Å²) in [6.07, 6.45) is 0. The van der Waals surface area contributed by atoms with Gasteiger partial charge in [0.05, 0.1) is 4.92 Å². The molecule has 2 N–H and O–H groups in total. The average Bonchev–Trinajstić information content (AvgIpc) is 3.09. The number of phenols is 1. The first-order valence-electron chi connectivity index (χ1n) is 7.57. The van der Waals surface area contributed by atoms with E-state index in [9.17, 15) is 20.0 Å². The molecule has 0 unspecified atom stereocenters. The number of rotatable bonds is 6. The number of nitro groups is 1. The minimum atomic E-state index is -0.492. The summed E-state index contributed by atoms with van der Waals surface area (Å²) in [7, 11) is 0. The smallest absolute Gasteiger partial charge is 0.291 e. The lowest BCUT2D eigenvalue weighted by Gasteiger charge is -2.04. The van der Waals surface area contributed by atoms with Crippen molar-refractivity contribution in [1.82, 2.24) is 0 Å². The van der Waals surface area contributed by atoms with Gasteiger partial charge in [-0.15, -0.1) is 0 Å². The summed E-state index contributed by atoms with van der Waals surface area (Å²) in [6, 6.07) is 14.9. The summed E-state index contributed by atoms with van der Waals surface area (Å²) in [4.78, 5) is 22.2. The van der Waals surface area contributed by atoms with Crippen molar-refractivity contribution < 1.29 is 24.0 Å². The quantitative estimate of drug-likeness (QED) is 0.515. The van der Waals surface area contributed by atoms with Crippen LogP contribution < -0.4 is 10.1 Å². The number of hydrogen-bond donors (Lipinski definition) is 2. The molecular formula is C18H14N2O6. The van der Waals surface area contributed by atoms with E-state index in [1.54, 1.807) is 18.2 Å². The fourth-order valence-corrected chi connectivity index (χ4v) is 2.17. The third kappa shape index (κ3) is 4.18. The van der Waals surface area contributed by atoms with Gasteiger partial charge in [0.2, 0.25) is 0 Å². The normalized spacial score (nSPS) is 10.3. The van der Waals surface area contributed by atoms with Gasteiger partial charge in [-0.25, -0.2) is 0 Å². The molecule has 0 aliphatic carbocycles. The number of amides is 1. The number of anilines is 1. The van der Waals surface area contributed by atoms with Crippen molar-refractivity contribution >= 4 is 17.3 Å². The Hall–Kier alpha value is -3.81. The molecule has 3 aromatic rings. The van der Waals surface area contributed by atoms with E-state index in [0.717, 1.165) is 0 Å². The number of non-ortho nitro benzene ring substituents is 1. The molecule has 8 nitrogen and oxygen atoms in total. The molecule has 0 spiro atoms. The van der Waals surface area contributed by atoms with E-state index in [2.05, 4.69) is 5.32 Å². The van der Waals surface area contributed by atoms with Crippen LogP contribution in [-0.4, -0.2) is 15.9 Å². The van der Waals surface area contributed by atoms with Crippen LogP contribution in [-0.2, 0) is 6.61 Å². The molecule has 1 aromatic heterocycles. The van der Waals surface area contributed by atoms with Gasteiger partial charge >= 0.3 is 0 Å². The van der Waals surface area contributed by atoms with Gasteiger partial charge in [-0.1, -0.05) is 6.07 Å². The molecular weight excluding hydrogens is 340 g/mol. The summed E-state index contributed by atoms with van der Waals surface area (Å²) in [5, 5.41) is 22.6. The highest BCUT2D eigenvalue weighted by atomic mass is 16.6. The molecule has 0 radical (unpaired) electrons. The molecule has 1 heterocycles. The first kappa shape index (κ1) is 17.0. The lowest BCUT2D eigenvalue weighted by atomic mass is 10.3. The number of furan rings is 1. The zero-order chi connectivity index (χ0) is 18.5. The Labute approximate surface area is 147 Å². The fraction of sp³-hybridized carbons (Fsp3) is 0.0556. The molecule has 0 aliphatic heterocycles. The molecule has 1 amide bonds. The summed E-state index contributed by atoms with van der Waals surface area (Å²) < 4.78 is 10.9. The van der Waals surface area contributed by atoms with E-state index < -0.39 is 10.8 Å². The summed E-state index contributed by atoms with van der Waals surface area (Å²) in [6.45, 7) is 0.0667. The van der Waals surface area contributed by atoms with Gasteiger partial charge in [0.15, 0.2) is 5.76 Å². The third-order valence-electron chi connectivity index (χ3n) is 3.42. The van der Waals surface area contributed by atoms with E-state index in [1.807, 2.05) is 0 Å². The maximum absolute atomic E-state index is 12.1. The van der Waals surface area contributed by atoms with Crippen LogP contribution in [0.5, 0.6) is 11.5 Å². The van der Waals surface area contributed by atoms with E-state index in [0.29, 0.717) is 17.2 Å². The van der Waals surface area contributed by atoms with Crippen LogP contribution in [0.4, 0.5) is 11.4 Å². The SMILES string of the molecule is O=C(Nc1cccc(O)c1)c1ccc(COc2ccc([N+](=O)[O-])cc2)o1. The van der Waals surface area contributed by atoms with Crippen molar-refractivity contribution in [3.63, 3.8) is 0 Å². The molecule has 0 aliphatic rings. The maximum atomic E-state index is 12.1. The number of nitrogens with one attached hydrogen (secondary N) is 1. The molecule has 0 bridgehead atoms. The number of benzene rings is 2. The maximum Gasteiger partial charge on any atom is 0.291 e. The van der Waals surface area contributed by atoms with Crippen LogP contribution in [0.3, 0.4) is 0 Å². The van der Waals surface area contributed by atoms with Crippen LogP contribution in [0.15, 0.2) is 65.1 Å². The number of nitrogens with zero attached hydrogens (tertiary/aromatic N) is 1. The second-order valence-corrected chi connectivity index (χ2v) is 5.31. The zero-order valence-corrected chi connectivity index (χ0v) is 13.4. The van der Waals surface area contributed by atoms with Gasteiger partial charge in [-0.3, -0.25) is 14.9 Å². The Morgan fingerprint density at radius 2 is 1.92 bits per heavy atom. The number of ether oxygens (including phenoxy) is 1. The highest BCUT2D eigenvalue weighted by molar-refractivity contribution is 6.02. The largest absolute Gasteiger partial charge is 0.508 e. The highest BCUT2D eigenvalue weighted by Crippen LogP contribution is 2.20. The number of nitro benzene ring substituents is 1. The Balaban J connectivity index is 1.58. The summed E-state index contributed by atoms with van der Waals surface area (Å²) >= 11 is 0.